The van der Waals surface area contributed by atoms with E-state index in [1.165, 1.54) is 16.7 Å². The van der Waals surface area contributed by atoms with E-state index in [9.17, 15) is 9.59 Å². The Labute approximate surface area is 113 Å². The molecule has 0 bridgehead atoms. The molecule has 1 fully saturated rings. The molecule has 2 unspecified atom stereocenters. The third-order valence-corrected chi connectivity index (χ3v) is 3.61. The largest absolute Gasteiger partial charge is 0.476 e. The summed E-state index contributed by atoms with van der Waals surface area (Å²) in [5.74, 6) is -1.36. The molecule has 1 aliphatic heterocycles. The van der Waals surface area contributed by atoms with Crippen LogP contribution < -0.4 is 5.32 Å². The highest BCUT2D eigenvalue weighted by Gasteiger charge is 2.25. The highest BCUT2D eigenvalue weighted by Crippen LogP contribution is 2.18. The monoisotopic (exact) mass is 286 g/mol. The first kappa shape index (κ1) is 13.9. The van der Waals surface area contributed by atoms with E-state index in [1.54, 1.807) is 6.92 Å². The average Bonchev–Trinajstić information content (AvgIpc) is 2.89. The van der Waals surface area contributed by atoms with E-state index in [2.05, 4.69) is 10.3 Å². The van der Waals surface area contributed by atoms with Crippen molar-refractivity contribution in [2.24, 2.45) is 0 Å². The van der Waals surface area contributed by atoms with Gasteiger partial charge in [0.1, 0.15) is 5.01 Å². The molecule has 8 heteroatoms. The van der Waals surface area contributed by atoms with Crippen LogP contribution in [0.1, 0.15) is 28.5 Å². The normalized spacial score (nSPS) is 20.8. The Morgan fingerprint density at radius 3 is 2.95 bits per heavy atom. The van der Waals surface area contributed by atoms with E-state index in [0.717, 1.165) is 0 Å². The second-order valence-electron chi connectivity index (χ2n) is 4.04. The number of thiazole rings is 1. The fourth-order valence-corrected chi connectivity index (χ4v) is 2.39. The molecule has 0 radical (unpaired) electrons. The number of aromatic carboxylic acids is 1. The fourth-order valence-electron chi connectivity index (χ4n) is 1.59. The summed E-state index contributed by atoms with van der Waals surface area (Å²) in [6.07, 6.45) is -0.616. The fraction of sp³-hybridized carbons (Fsp3) is 0.545. The number of rotatable bonds is 4. The Morgan fingerprint density at radius 1 is 1.58 bits per heavy atom. The van der Waals surface area contributed by atoms with Crippen molar-refractivity contribution >= 4 is 23.2 Å². The lowest BCUT2D eigenvalue weighted by Crippen LogP contribution is -2.43. The molecule has 2 heterocycles. The van der Waals surface area contributed by atoms with E-state index in [1.807, 2.05) is 0 Å². The predicted molar refractivity (Wildman–Crippen MR) is 66.2 cm³/mol. The Hall–Kier alpha value is -1.51. The lowest BCUT2D eigenvalue weighted by atomic mass is 10.3. The third-order valence-electron chi connectivity index (χ3n) is 2.58. The summed E-state index contributed by atoms with van der Waals surface area (Å²) in [6.45, 7) is 2.86. The van der Waals surface area contributed by atoms with Crippen LogP contribution in [0.4, 0.5) is 0 Å². The van der Waals surface area contributed by atoms with Crippen LogP contribution in [0.3, 0.4) is 0 Å². The summed E-state index contributed by atoms with van der Waals surface area (Å²) in [5, 5.41) is 13.5. The van der Waals surface area contributed by atoms with Crippen molar-refractivity contribution in [2.75, 3.05) is 19.8 Å². The summed E-state index contributed by atoms with van der Waals surface area (Å²) in [4.78, 5) is 26.5. The van der Waals surface area contributed by atoms with E-state index >= 15 is 0 Å². The maximum absolute atomic E-state index is 11.9. The number of amides is 1. The van der Waals surface area contributed by atoms with E-state index in [0.29, 0.717) is 18.2 Å². The maximum atomic E-state index is 11.9. The molecule has 0 spiro atoms. The first-order chi connectivity index (χ1) is 9.08. The SMILES string of the molecule is CC(NC(=O)C1COCCO1)c1nc(C(=O)O)cs1. The summed E-state index contributed by atoms with van der Waals surface area (Å²) in [5.41, 5.74) is -0.0154. The van der Waals surface area contributed by atoms with Crippen LogP contribution in [-0.4, -0.2) is 47.9 Å². The van der Waals surface area contributed by atoms with Crippen molar-refractivity contribution in [3.63, 3.8) is 0 Å². The van der Waals surface area contributed by atoms with Gasteiger partial charge in [0.05, 0.1) is 25.9 Å². The zero-order valence-electron chi connectivity index (χ0n) is 10.3. The number of ether oxygens (including phenoxy) is 2. The molecule has 0 aliphatic carbocycles. The molecule has 1 aromatic rings. The second kappa shape index (κ2) is 6.09. The lowest BCUT2D eigenvalue weighted by molar-refractivity contribution is -0.148. The highest BCUT2D eigenvalue weighted by molar-refractivity contribution is 7.09. The number of carboxylic acid groups (broad SMARTS) is 1. The number of carbonyl (C=O) groups excluding carboxylic acids is 1. The molecular formula is C11H14N2O5S. The second-order valence-corrected chi connectivity index (χ2v) is 4.93. The van der Waals surface area contributed by atoms with Crippen LogP contribution in [0, 0.1) is 0 Å². The van der Waals surface area contributed by atoms with Crippen LogP contribution in [0.15, 0.2) is 5.38 Å². The molecule has 2 N–H and O–H groups in total. The number of hydrogen-bond donors (Lipinski definition) is 2. The number of hydrogen-bond acceptors (Lipinski definition) is 6. The molecular weight excluding hydrogens is 272 g/mol. The van der Waals surface area contributed by atoms with Crippen molar-refractivity contribution in [3.05, 3.63) is 16.1 Å². The van der Waals surface area contributed by atoms with E-state index in [4.69, 9.17) is 14.6 Å². The molecule has 2 atom stereocenters. The van der Waals surface area contributed by atoms with Crippen molar-refractivity contribution in [1.82, 2.24) is 10.3 Å². The molecule has 1 saturated heterocycles. The van der Waals surface area contributed by atoms with E-state index < -0.39 is 12.1 Å². The van der Waals surface area contributed by atoms with Crippen molar-refractivity contribution < 1.29 is 24.2 Å². The van der Waals surface area contributed by atoms with Gasteiger partial charge in [0.2, 0.25) is 0 Å². The predicted octanol–water partition coefficient (Wildman–Crippen LogP) is 0.434. The molecule has 1 amide bonds. The smallest absolute Gasteiger partial charge is 0.355 e. The molecule has 104 valence electrons. The first-order valence-electron chi connectivity index (χ1n) is 5.76. The average molecular weight is 286 g/mol. The molecule has 2 rings (SSSR count). The van der Waals surface area contributed by atoms with Crippen LogP contribution >= 0.6 is 11.3 Å². The maximum Gasteiger partial charge on any atom is 0.355 e. The summed E-state index contributed by atoms with van der Waals surface area (Å²) in [7, 11) is 0. The van der Waals surface area contributed by atoms with Gasteiger partial charge in [0.25, 0.3) is 5.91 Å². The van der Waals surface area contributed by atoms with Gasteiger partial charge in [-0.05, 0) is 6.92 Å². The summed E-state index contributed by atoms with van der Waals surface area (Å²) >= 11 is 1.20. The standard InChI is InChI=1S/C11H14N2O5S/c1-6(10-13-7(5-19-10)11(15)16)12-9(14)8-4-17-2-3-18-8/h5-6,8H,2-4H2,1H3,(H,12,14)(H,15,16). The van der Waals surface area contributed by atoms with Crippen molar-refractivity contribution in [3.8, 4) is 0 Å². The van der Waals surface area contributed by atoms with Crippen LogP contribution in [0.5, 0.6) is 0 Å². The zero-order chi connectivity index (χ0) is 13.8. The number of nitrogens with one attached hydrogen (secondary N) is 1. The van der Waals surface area contributed by atoms with Gasteiger partial charge < -0.3 is 19.9 Å². The quantitative estimate of drug-likeness (QED) is 0.833. The number of nitrogens with zero attached hydrogens (tertiary/aromatic N) is 1. The number of carboxylic acids is 1. The lowest BCUT2D eigenvalue weighted by Gasteiger charge is -2.23. The Morgan fingerprint density at radius 2 is 2.37 bits per heavy atom. The number of aromatic nitrogens is 1. The topological polar surface area (TPSA) is 97.8 Å². The van der Waals surface area contributed by atoms with Crippen LogP contribution in [-0.2, 0) is 14.3 Å². The Bertz CT molecular complexity index is 469. The minimum Gasteiger partial charge on any atom is -0.476 e. The number of carbonyl (C=O) groups is 2. The van der Waals surface area contributed by atoms with Gasteiger partial charge in [-0.2, -0.15) is 0 Å². The Balaban J connectivity index is 1.93. The van der Waals surface area contributed by atoms with Crippen molar-refractivity contribution in [2.45, 2.75) is 19.1 Å². The van der Waals surface area contributed by atoms with Gasteiger partial charge in [-0.25, -0.2) is 9.78 Å². The van der Waals surface area contributed by atoms with Crippen molar-refractivity contribution in [1.29, 1.82) is 0 Å². The minimum absolute atomic E-state index is 0.0154. The van der Waals surface area contributed by atoms with Gasteiger partial charge >= 0.3 is 5.97 Å². The highest BCUT2D eigenvalue weighted by atomic mass is 32.1. The first-order valence-corrected chi connectivity index (χ1v) is 6.64. The van der Waals surface area contributed by atoms with Crippen LogP contribution in [0.25, 0.3) is 0 Å². The minimum atomic E-state index is -1.08. The molecule has 0 saturated carbocycles. The zero-order valence-corrected chi connectivity index (χ0v) is 11.1. The molecule has 19 heavy (non-hydrogen) atoms. The molecule has 0 aromatic carbocycles. The molecule has 1 aromatic heterocycles. The van der Waals surface area contributed by atoms with Gasteiger partial charge in [-0.15, -0.1) is 11.3 Å². The van der Waals surface area contributed by atoms with Gasteiger partial charge in [0.15, 0.2) is 11.8 Å². The molecule has 7 nitrogen and oxygen atoms in total. The van der Waals surface area contributed by atoms with Crippen LogP contribution in [0.2, 0.25) is 0 Å². The summed E-state index contributed by atoms with van der Waals surface area (Å²) < 4.78 is 10.4. The molecule has 1 aliphatic rings. The third kappa shape index (κ3) is 3.49. The van der Waals surface area contributed by atoms with E-state index in [-0.39, 0.29) is 24.2 Å². The van der Waals surface area contributed by atoms with Gasteiger partial charge in [-0.1, -0.05) is 0 Å². The van der Waals surface area contributed by atoms with Gasteiger partial charge in [0, 0.05) is 5.38 Å². The van der Waals surface area contributed by atoms with Gasteiger partial charge in [-0.3, -0.25) is 4.79 Å². The Kier molecular flexibility index (Phi) is 4.46. The summed E-state index contributed by atoms with van der Waals surface area (Å²) in [6, 6.07) is -0.365.